The molecule has 0 aromatic rings. The molecule has 1 saturated heterocycles. The minimum absolute atomic E-state index is 0.0369. The Morgan fingerprint density at radius 2 is 1.81 bits per heavy atom. The first-order chi connectivity index (χ1) is 10.2. The normalized spacial score (nSPS) is 26.3. The molecule has 3 rings (SSSR count). The van der Waals surface area contributed by atoms with E-state index in [2.05, 4.69) is 5.32 Å². The smallest absolute Gasteiger partial charge is 0.239 e. The van der Waals surface area contributed by atoms with Crippen molar-refractivity contribution in [3.63, 3.8) is 0 Å². The Hall–Kier alpha value is -1.06. The van der Waals surface area contributed by atoms with Gasteiger partial charge in [-0.15, -0.1) is 0 Å². The molecule has 118 valence electrons. The molecule has 4 heteroatoms. The van der Waals surface area contributed by atoms with Crippen LogP contribution in [-0.4, -0.2) is 35.8 Å². The van der Waals surface area contributed by atoms with E-state index in [0.717, 1.165) is 25.8 Å². The summed E-state index contributed by atoms with van der Waals surface area (Å²) in [5.74, 6) is 0.171. The molecule has 0 aromatic heterocycles. The molecule has 21 heavy (non-hydrogen) atoms. The first kappa shape index (κ1) is 14.9. The highest BCUT2D eigenvalue weighted by Crippen LogP contribution is 2.47. The molecule has 1 N–H and O–H groups in total. The fraction of sp³-hybridized carbons (Fsp3) is 0.882. The SMILES string of the molecule is O=C(CN1CCCC1=O)NC1CCC2(CCCCC2)CC1. The number of hydrogen-bond acceptors (Lipinski definition) is 2. The van der Waals surface area contributed by atoms with Crippen LogP contribution in [0.25, 0.3) is 0 Å². The van der Waals surface area contributed by atoms with Gasteiger partial charge in [0.2, 0.25) is 11.8 Å². The molecule has 1 aliphatic heterocycles. The van der Waals surface area contributed by atoms with Crippen molar-refractivity contribution in [1.29, 1.82) is 0 Å². The molecule has 0 aromatic carbocycles. The maximum absolute atomic E-state index is 12.1. The maximum Gasteiger partial charge on any atom is 0.239 e. The highest BCUT2D eigenvalue weighted by molar-refractivity contribution is 5.85. The zero-order chi connectivity index (χ0) is 14.7. The number of nitrogens with zero attached hydrogens (tertiary/aromatic N) is 1. The van der Waals surface area contributed by atoms with Crippen LogP contribution in [0.2, 0.25) is 0 Å². The zero-order valence-corrected chi connectivity index (χ0v) is 13.0. The van der Waals surface area contributed by atoms with Gasteiger partial charge in [-0.25, -0.2) is 0 Å². The Bertz CT molecular complexity index is 392. The molecule has 0 atom stereocenters. The number of carbonyl (C=O) groups excluding carboxylic acids is 2. The Balaban J connectivity index is 1.42. The van der Waals surface area contributed by atoms with Crippen LogP contribution < -0.4 is 5.32 Å². The lowest BCUT2D eigenvalue weighted by molar-refractivity contribution is -0.133. The van der Waals surface area contributed by atoms with Crippen molar-refractivity contribution in [3.05, 3.63) is 0 Å². The molecule has 1 spiro atoms. The molecule has 0 unspecified atom stereocenters. The Morgan fingerprint density at radius 3 is 2.43 bits per heavy atom. The van der Waals surface area contributed by atoms with E-state index in [9.17, 15) is 9.59 Å². The van der Waals surface area contributed by atoms with E-state index in [4.69, 9.17) is 0 Å². The van der Waals surface area contributed by atoms with E-state index in [-0.39, 0.29) is 18.4 Å². The molecule has 4 nitrogen and oxygen atoms in total. The Morgan fingerprint density at radius 1 is 1.10 bits per heavy atom. The summed E-state index contributed by atoms with van der Waals surface area (Å²) in [6.07, 6.45) is 13.3. The van der Waals surface area contributed by atoms with Crippen molar-refractivity contribution < 1.29 is 9.59 Å². The van der Waals surface area contributed by atoms with Crippen LogP contribution in [0.15, 0.2) is 0 Å². The molecular formula is C17H28N2O2. The van der Waals surface area contributed by atoms with Gasteiger partial charge in [0.1, 0.15) is 0 Å². The number of hydrogen-bond donors (Lipinski definition) is 1. The number of nitrogens with one attached hydrogen (secondary N) is 1. The van der Waals surface area contributed by atoms with Gasteiger partial charge in [0.15, 0.2) is 0 Å². The predicted octanol–water partition coefficient (Wildman–Crippen LogP) is 2.62. The molecule has 0 radical (unpaired) electrons. The summed E-state index contributed by atoms with van der Waals surface area (Å²) >= 11 is 0. The van der Waals surface area contributed by atoms with E-state index < -0.39 is 0 Å². The summed E-state index contributed by atoms with van der Waals surface area (Å²) in [7, 11) is 0. The lowest BCUT2D eigenvalue weighted by Gasteiger charge is -2.43. The van der Waals surface area contributed by atoms with Gasteiger partial charge in [-0.1, -0.05) is 19.3 Å². The summed E-state index contributed by atoms with van der Waals surface area (Å²) in [4.78, 5) is 25.3. The third kappa shape index (κ3) is 3.58. The number of carbonyl (C=O) groups is 2. The Kier molecular flexibility index (Phi) is 4.51. The monoisotopic (exact) mass is 292 g/mol. The third-order valence-corrected chi connectivity index (χ3v) is 5.83. The summed E-state index contributed by atoms with van der Waals surface area (Å²) in [6.45, 7) is 1.01. The standard InChI is InChI=1S/C17H28N2O2/c20-15(13-19-12-4-5-16(19)21)18-14-6-10-17(11-7-14)8-2-1-3-9-17/h14H,1-13H2,(H,18,20). The average molecular weight is 292 g/mol. The second kappa shape index (κ2) is 6.37. The van der Waals surface area contributed by atoms with Gasteiger partial charge in [-0.2, -0.15) is 0 Å². The largest absolute Gasteiger partial charge is 0.352 e. The summed E-state index contributed by atoms with van der Waals surface area (Å²) in [5.41, 5.74) is 0.602. The van der Waals surface area contributed by atoms with Gasteiger partial charge in [0, 0.05) is 19.0 Å². The predicted molar refractivity (Wildman–Crippen MR) is 81.7 cm³/mol. The van der Waals surface area contributed by atoms with Crippen LogP contribution in [0, 0.1) is 5.41 Å². The van der Waals surface area contributed by atoms with Crippen molar-refractivity contribution in [2.75, 3.05) is 13.1 Å². The van der Waals surface area contributed by atoms with Gasteiger partial charge < -0.3 is 10.2 Å². The van der Waals surface area contributed by atoms with Crippen LogP contribution in [0.4, 0.5) is 0 Å². The summed E-state index contributed by atoms with van der Waals surface area (Å²) in [5, 5.41) is 3.16. The van der Waals surface area contributed by atoms with E-state index in [0.29, 0.717) is 17.9 Å². The average Bonchev–Trinajstić information content (AvgIpc) is 2.88. The third-order valence-electron chi connectivity index (χ3n) is 5.83. The van der Waals surface area contributed by atoms with Crippen molar-refractivity contribution in [2.45, 2.75) is 76.7 Å². The zero-order valence-electron chi connectivity index (χ0n) is 13.0. The second-order valence-corrected chi connectivity index (χ2v) is 7.32. The molecule has 2 saturated carbocycles. The van der Waals surface area contributed by atoms with Crippen LogP contribution in [0.1, 0.15) is 70.6 Å². The molecule has 1 heterocycles. The highest BCUT2D eigenvalue weighted by Gasteiger charge is 2.36. The number of amides is 2. The second-order valence-electron chi connectivity index (χ2n) is 7.32. The number of likely N-dealkylation sites (tertiary alicyclic amines) is 1. The summed E-state index contributed by atoms with van der Waals surface area (Å²) < 4.78 is 0. The van der Waals surface area contributed by atoms with Crippen LogP contribution >= 0.6 is 0 Å². The van der Waals surface area contributed by atoms with Crippen LogP contribution in [0.5, 0.6) is 0 Å². The van der Waals surface area contributed by atoms with E-state index >= 15 is 0 Å². The van der Waals surface area contributed by atoms with Crippen molar-refractivity contribution >= 4 is 11.8 Å². The van der Waals surface area contributed by atoms with Crippen molar-refractivity contribution in [3.8, 4) is 0 Å². The lowest BCUT2D eigenvalue weighted by Crippen LogP contribution is -2.45. The van der Waals surface area contributed by atoms with Crippen molar-refractivity contribution in [1.82, 2.24) is 10.2 Å². The fourth-order valence-electron chi connectivity index (χ4n) is 4.49. The van der Waals surface area contributed by atoms with Gasteiger partial charge >= 0.3 is 0 Å². The molecule has 3 fully saturated rings. The molecule has 0 bridgehead atoms. The first-order valence-corrected chi connectivity index (χ1v) is 8.74. The number of rotatable bonds is 3. The molecule has 2 aliphatic carbocycles. The van der Waals surface area contributed by atoms with E-state index in [1.165, 1.54) is 44.9 Å². The van der Waals surface area contributed by atoms with Gasteiger partial charge in [-0.3, -0.25) is 9.59 Å². The Labute approximate surface area is 127 Å². The fourth-order valence-corrected chi connectivity index (χ4v) is 4.49. The first-order valence-electron chi connectivity index (χ1n) is 8.74. The lowest BCUT2D eigenvalue weighted by atomic mass is 9.64. The quantitative estimate of drug-likeness (QED) is 0.869. The minimum Gasteiger partial charge on any atom is -0.352 e. The van der Waals surface area contributed by atoms with Crippen molar-refractivity contribution in [2.24, 2.45) is 5.41 Å². The maximum atomic E-state index is 12.1. The van der Waals surface area contributed by atoms with Gasteiger partial charge in [-0.05, 0) is 50.4 Å². The molecule has 3 aliphatic rings. The van der Waals surface area contributed by atoms with Gasteiger partial charge in [0.25, 0.3) is 0 Å². The molecular weight excluding hydrogens is 264 g/mol. The molecule has 2 amide bonds. The van der Waals surface area contributed by atoms with Gasteiger partial charge in [0.05, 0.1) is 6.54 Å². The minimum atomic E-state index is 0.0369. The summed E-state index contributed by atoms with van der Waals surface area (Å²) in [6, 6.07) is 0.336. The topological polar surface area (TPSA) is 49.4 Å². The van der Waals surface area contributed by atoms with Crippen LogP contribution in [0.3, 0.4) is 0 Å². The van der Waals surface area contributed by atoms with E-state index in [1.807, 2.05) is 0 Å². The van der Waals surface area contributed by atoms with E-state index in [1.54, 1.807) is 4.90 Å². The van der Waals surface area contributed by atoms with Crippen LogP contribution in [-0.2, 0) is 9.59 Å². The highest BCUT2D eigenvalue weighted by atomic mass is 16.2.